The van der Waals surface area contributed by atoms with Crippen molar-refractivity contribution in [3.63, 3.8) is 0 Å². The summed E-state index contributed by atoms with van der Waals surface area (Å²) in [5.74, 6) is 0. The summed E-state index contributed by atoms with van der Waals surface area (Å²) < 4.78 is 34.1. The van der Waals surface area contributed by atoms with Crippen molar-refractivity contribution < 1.29 is 69.5 Å². The zero-order valence-electron chi connectivity index (χ0n) is 16.8. The summed E-state index contributed by atoms with van der Waals surface area (Å²) in [6.07, 6.45) is 14.1. The first-order chi connectivity index (χ1) is 11.4. The molecule has 0 rings (SSSR count). The van der Waals surface area contributed by atoms with Gasteiger partial charge in [0.2, 0.25) is 0 Å². The molecule has 0 aliphatic carbocycles. The van der Waals surface area contributed by atoms with E-state index in [0.29, 0.717) is 12.8 Å². The molecular formula is C19H39KO4S. The van der Waals surface area contributed by atoms with Gasteiger partial charge >= 0.3 is 51.4 Å². The molecular weight excluding hydrogens is 363 g/mol. The van der Waals surface area contributed by atoms with Crippen molar-refractivity contribution in [2.75, 3.05) is 0 Å². The van der Waals surface area contributed by atoms with Crippen molar-refractivity contribution in [1.82, 2.24) is 0 Å². The minimum atomic E-state index is -4.31. The van der Waals surface area contributed by atoms with Gasteiger partial charge in [0.05, 0.1) is 21.5 Å². The molecule has 146 valence electrons. The van der Waals surface area contributed by atoms with Crippen molar-refractivity contribution in [1.29, 1.82) is 0 Å². The van der Waals surface area contributed by atoms with Crippen LogP contribution in [0.3, 0.4) is 0 Å². The van der Waals surface area contributed by atoms with Gasteiger partial charge < -0.3 is 9.66 Å². The van der Waals surface area contributed by atoms with Gasteiger partial charge in [0.15, 0.2) is 0 Å². The van der Waals surface area contributed by atoms with Crippen molar-refractivity contribution in [3.8, 4) is 0 Å². The molecule has 0 amide bonds. The van der Waals surface area contributed by atoms with E-state index < -0.39 is 21.5 Å². The maximum atomic E-state index is 11.4. The van der Waals surface area contributed by atoms with Gasteiger partial charge in [0, 0.05) is 0 Å². The summed E-state index contributed by atoms with van der Waals surface area (Å²) in [4.78, 5) is 0. The Morgan fingerprint density at radius 2 is 1.20 bits per heavy atom. The van der Waals surface area contributed by atoms with Gasteiger partial charge in [-0.3, -0.25) is 0 Å². The van der Waals surface area contributed by atoms with Crippen LogP contribution in [0, 0.1) is 0 Å². The molecule has 0 spiro atoms. The van der Waals surface area contributed by atoms with Gasteiger partial charge in [-0.2, -0.15) is 0 Å². The fraction of sp³-hybridized carbons (Fsp3) is 1.00. The Morgan fingerprint density at radius 3 is 1.64 bits per heavy atom. The molecule has 4 nitrogen and oxygen atoms in total. The number of aliphatic hydroxyl groups is 1. The molecule has 0 heterocycles. The van der Waals surface area contributed by atoms with Crippen molar-refractivity contribution in [2.24, 2.45) is 0 Å². The van der Waals surface area contributed by atoms with E-state index in [1.54, 1.807) is 0 Å². The third-order valence-corrected chi connectivity index (χ3v) is 5.96. The first-order valence-corrected chi connectivity index (χ1v) is 11.5. The van der Waals surface area contributed by atoms with Crippen LogP contribution < -0.4 is 51.4 Å². The Hall–Kier alpha value is 1.51. The molecule has 0 bridgehead atoms. The Balaban J connectivity index is 0. The number of hydrogen-bond acceptors (Lipinski definition) is 4. The predicted molar refractivity (Wildman–Crippen MR) is 100 cm³/mol. The summed E-state index contributed by atoms with van der Waals surface area (Å²) in [5.41, 5.74) is 0. The van der Waals surface area contributed by atoms with Crippen molar-refractivity contribution >= 4 is 10.1 Å². The van der Waals surface area contributed by atoms with Crippen LogP contribution in [0.15, 0.2) is 0 Å². The van der Waals surface area contributed by atoms with Crippen LogP contribution in [0.4, 0.5) is 0 Å². The van der Waals surface area contributed by atoms with E-state index in [1.807, 2.05) is 6.92 Å². The van der Waals surface area contributed by atoms with Gasteiger partial charge in [-0.25, -0.2) is 8.42 Å². The second-order valence-corrected chi connectivity index (χ2v) is 8.77. The Kier molecular flexibility index (Phi) is 21.7. The van der Waals surface area contributed by atoms with Crippen LogP contribution in [-0.4, -0.2) is 29.4 Å². The molecule has 0 fully saturated rings. The maximum Gasteiger partial charge on any atom is 1.00 e. The number of aliphatic hydroxyl groups excluding tert-OH is 1. The van der Waals surface area contributed by atoms with Crippen LogP contribution in [-0.2, 0) is 10.1 Å². The predicted octanol–water partition coefficient (Wildman–Crippen LogP) is 2.16. The van der Waals surface area contributed by atoms with Crippen LogP contribution in [0.2, 0.25) is 0 Å². The van der Waals surface area contributed by atoms with Crippen LogP contribution in [0.25, 0.3) is 0 Å². The zero-order valence-corrected chi connectivity index (χ0v) is 20.8. The fourth-order valence-electron chi connectivity index (χ4n) is 3.10. The molecule has 0 aromatic rings. The Morgan fingerprint density at radius 1 is 0.760 bits per heavy atom. The first kappa shape index (κ1) is 28.7. The summed E-state index contributed by atoms with van der Waals surface area (Å²) in [6, 6.07) is 0. The van der Waals surface area contributed by atoms with Gasteiger partial charge in [0.25, 0.3) is 0 Å². The topological polar surface area (TPSA) is 77.4 Å². The summed E-state index contributed by atoms with van der Waals surface area (Å²) >= 11 is 0. The molecule has 0 aliphatic heterocycles. The van der Waals surface area contributed by atoms with E-state index >= 15 is 0 Å². The number of hydrogen-bond donors (Lipinski definition) is 1. The second-order valence-electron chi connectivity index (χ2n) is 7.12. The van der Waals surface area contributed by atoms with E-state index in [9.17, 15) is 18.1 Å². The van der Waals surface area contributed by atoms with Gasteiger partial charge in [-0.05, 0) is 19.3 Å². The Bertz CT molecular complexity index is 374. The smallest absolute Gasteiger partial charge is 0.748 e. The van der Waals surface area contributed by atoms with E-state index in [1.165, 1.54) is 44.9 Å². The van der Waals surface area contributed by atoms with Crippen LogP contribution >= 0.6 is 0 Å². The zero-order chi connectivity index (χ0) is 18.3. The minimum Gasteiger partial charge on any atom is -0.748 e. The van der Waals surface area contributed by atoms with Crippen molar-refractivity contribution in [2.45, 2.75) is 122 Å². The summed E-state index contributed by atoms with van der Waals surface area (Å²) in [7, 11) is -4.31. The molecule has 0 aromatic heterocycles. The van der Waals surface area contributed by atoms with E-state index in [0.717, 1.165) is 32.1 Å². The Labute approximate surface area is 199 Å². The number of rotatable bonds is 17. The molecule has 0 aromatic carbocycles. The molecule has 2 atom stereocenters. The third kappa shape index (κ3) is 18.6. The molecule has 2 unspecified atom stereocenters. The monoisotopic (exact) mass is 402 g/mol. The van der Waals surface area contributed by atoms with E-state index in [4.69, 9.17) is 0 Å². The van der Waals surface area contributed by atoms with E-state index in [2.05, 4.69) is 6.92 Å². The number of unbranched alkanes of at least 4 members (excludes halogenated alkanes) is 10. The van der Waals surface area contributed by atoms with E-state index in [-0.39, 0.29) is 57.8 Å². The SMILES string of the molecule is CCCCCCCCCCCCC(CC(O)CCCC)S(=O)(=O)[O-].[K+]. The van der Waals surface area contributed by atoms with Crippen molar-refractivity contribution in [3.05, 3.63) is 0 Å². The van der Waals surface area contributed by atoms with Crippen LogP contribution in [0.1, 0.15) is 110 Å². The third-order valence-electron chi connectivity index (χ3n) is 4.71. The fourth-order valence-corrected chi connectivity index (χ4v) is 4.01. The van der Waals surface area contributed by atoms with Gasteiger partial charge in [-0.1, -0.05) is 90.9 Å². The summed E-state index contributed by atoms with van der Waals surface area (Å²) in [6.45, 7) is 4.25. The normalized spacial score (nSPS) is 14.1. The largest absolute Gasteiger partial charge is 1.00 e. The average Bonchev–Trinajstić information content (AvgIpc) is 2.52. The standard InChI is InChI=1S/C19H40O4S.K/c1-3-5-7-8-9-10-11-12-13-14-16-19(24(21,22)23)17-18(20)15-6-4-2;/h18-20H,3-17H2,1-2H3,(H,21,22,23);/q;+1/p-1. The molecule has 0 aliphatic rings. The maximum absolute atomic E-state index is 11.4. The molecule has 6 heteroatoms. The summed E-state index contributed by atoms with van der Waals surface area (Å²) in [5, 5.41) is 8.95. The molecule has 0 radical (unpaired) electrons. The molecule has 1 N–H and O–H groups in total. The quantitative estimate of drug-likeness (QED) is 0.230. The average molecular weight is 403 g/mol. The molecule has 0 saturated carbocycles. The second kappa shape index (κ2) is 18.9. The van der Waals surface area contributed by atoms with Crippen LogP contribution in [0.5, 0.6) is 0 Å². The minimum absolute atomic E-state index is 0. The van der Waals surface area contributed by atoms with Gasteiger partial charge in [-0.15, -0.1) is 0 Å². The van der Waals surface area contributed by atoms with Gasteiger partial charge in [0.1, 0.15) is 0 Å². The molecule has 0 saturated heterocycles. The molecule has 25 heavy (non-hydrogen) atoms. The first-order valence-electron chi connectivity index (χ1n) is 10.0.